The normalized spacial score (nSPS) is 16.1. The van der Waals surface area contributed by atoms with Crippen LogP contribution in [0.15, 0.2) is 0 Å². The number of phosphoric ester groups is 1. The predicted octanol–water partition coefficient (Wildman–Crippen LogP) is 4.02. The molecule has 5 N–H and O–H groups in total. The number of carbonyl (C=O) groups is 1. The molecule has 0 spiro atoms. The fourth-order valence-corrected chi connectivity index (χ4v) is 4.11. The Morgan fingerprint density at radius 2 is 1.35 bits per heavy atom. The number of aliphatic carboxylic acids is 1. The molecule has 0 fully saturated rings. The molecule has 0 aromatic carbocycles. The number of nitrogens with two attached hydrogens (primary N) is 1. The second kappa shape index (κ2) is 21.7. The maximum absolute atomic E-state index is 11.7. The predicted molar refractivity (Wildman–Crippen MR) is 131 cm³/mol. The summed E-state index contributed by atoms with van der Waals surface area (Å²) in [4.78, 5) is 20.1. The number of methoxy groups -OCH3 is 1. The number of ether oxygens (including phenoxy) is 2. The summed E-state index contributed by atoms with van der Waals surface area (Å²) in [6.45, 7) is 1.24. The summed E-state index contributed by atoms with van der Waals surface area (Å²) in [7, 11) is -2.90. The van der Waals surface area contributed by atoms with Crippen LogP contribution in [0, 0.1) is 0 Å². The lowest BCUT2D eigenvalue weighted by atomic mass is 10.0. The summed E-state index contributed by atoms with van der Waals surface area (Å²) < 4.78 is 31.6. The van der Waals surface area contributed by atoms with E-state index in [0.29, 0.717) is 6.61 Å². The third kappa shape index (κ3) is 20.8. The molecule has 4 unspecified atom stereocenters. The van der Waals surface area contributed by atoms with Crippen molar-refractivity contribution in [2.45, 2.75) is 109 Å². The first-order valence-corrected chi connectivity index (χ1v) is 14.1. The highest BCUT2D eigenvalue weighted by Crippen LogP contribution is 2.43. The van der Waals surface area contributed by atoms with E-state index in [9.17, 15) is 19.4 Å². The van der Waals surface area contributed by atoms with E-state index in [1.54, 1.807) is 7.11 Å². The highest BCUT2D eigenvalue weighted by atomic mass is 31.2. The molecule has 0 radical (unpaired) electrons. The van der Waals surface area contributed by atoms with Crippen molar-refractivity contribution in [3.8, 4) is 0 Å². The first kappa shape index (κ1) is 33.4. The standard InChI is InChI=1S/C23H48NO9P/c1-3-4-5-6-7-8-9-10-11-12-13-14-15-21(30-2)18-31-16-20(25)17-32-34(28,29)33-19-22(24)23(26)27/h20-22,25H,3-19,24H2,1-2H3,(H,26,27)(H,28,29). The van der Waals surface area contributed by atoms with E-state index in [1.165, 1.54) is 64.2 Å². The molecule has 11 heteroatoms. The van der Waals surface area contributed by atoms with Crippen LogP contribution in [0.25, 0.3) is 0 Å². The lowest BCUT2D eigenvalue weighted by Gasteiger charge is -2.18. The van der Waals surface area contributed by atoms with E-state index in [-0.39, 0.29) is 12.7 Å². The second-order valence-corrected chi connectivity index (χ2v) is 10.2. The Labute approximate surface area is 205 Å². The molecule has 0 bridgehead atoms. The van der Waals surface area contributed by atoms with Crippen LogP contribution < -0.4 is 5.73 Å². The Balaban J connectivity index is 3.72. The Bertz CT molecular complexity index is 539. The Morgan fingerprint density at radius 1 is 0.853 bits per heavy atom. The molecule has 0 saturated heterocycles. The molecule has 0 aromatic rings. The van der Waals surface area contributed by atoms with Gasteiger partial charge in [-0.15, -0.1) is 0 Å². The van der Waals surface area contributed by atoms with Crippen molar-refractivity contribution >= 4 is 13.8 Å². The molecule has 0 aromatic heterocycles. The average molecular weight is 514 g/mol. The van der Waals surface area contributed by atoms with Crippen molar-refractivity contribution in [2.24, 2.45) is 5.73 Å². The van der Waals surface area contributed by atoms with E-state index in [0.717, 1.165) is 19.3 Å². The minimum absolute atomic E-state index is 0.0824. The van der Waals surface area contributed by atoms with Gasteiger partial charge in [0.05, 0.1) is 32.5 Å². The Morgan fingerprint density at radius 3 is 1.85 bits per heavy atom. The maximum Gasteiger partial charge on any atom is 0.472 e. The first-order chi connectivity index (χ1) is 16.2. The highest BCUT2D eigenvalue weighted by Gasteiger charge is 2.25. The fraction of sp³-hybridized carbons (Fsp3) is 0.957. The average Bonchev–Trinajstić information content (AvgIpc) is 2.80. The number of aliphatic hydroxyl groups excluding tert-OH is 1. The van der Waals surface area contributed by atoms with E-state index in [1.807, 2.05) is 0 Å². The van der Waals surface area contributed by atoms with Crippen molar-refractivity contribution < 1.29 is 43.0 Å². The van der Waals surface area contributed by atoms with Crippen LogP contribution in [0.4, 0.5) is 0 Å². The molecule has 0 aliphatic heterocycles. The molecule has 0 aliphatic rings. The third-order valence-corrected chi connectivity index (χ3v) is 6.44. The van der Waals surface area contributed by atoms with Crippen LogP contribution >= 0.6 is 7.82 Å². The van der Waals surface area contributed by atoms with Crippen LogP contribution in [0.3, 0.4) is 0 Å². The number of hydrogen-bond acceptors (Lipinski definition) is 8. The SMILES string of the molecule is CCCCCCCCCCCCCCC(COCC(O)COP(=O)(O)OCC(N)C(=O)O)OC. The van der Waals surface area contributed by atoms with Crippen molar-refractivity contribution in [3.63, 3.8) is 0 Å². The van der Waals surface area contributed by atoms with Crippen molar-refractivity contribution in [1.82, 2.24) is 0 Å². The van der Waals surface area contributed by atoms with Crippen LogP contribution in [0.5, 0.6) is 0 Å². The molecule has 10 nitrogen and oxygen atoms in total. The minimum Gasteiger partial charge on any atom is -0.480 e. The van der Waals surface area contributed by atoms with Gasteiger partial charge < -0.3 is 30.3 Å². The summed E-state index contributed by atoms with van der Waals surface area (Å²) in [5.74, 6) is -1.37. The number of aliphatic hydroxyl groups is 1. The van der Waals surface area contributed by atoms with Crippen LogP contribution in [-0.4, -0.2) is 72.9 Å². The summed E-state index contributed by atoms with van der Waals surface area (Å²) in [5.41, 5.74) is 5.19. The number of unbranched alkanes of at least 4 members (excludes halogenated alkanes) is 11. The molecular formula is C23H48NO9P. The Kier molecular flexibility index (Phi) is 21.3. The number of phosphoric acid groups is 1. The van der Waals surface area contributed by atoms with Gasteiger partial charge in [-0.05, 0) is 6.42 Å². The summed E-state index contributed by atoms with van der Waals surface area (Å²) >= 11 is 0. The zero-order valence-corrected chi connectivity index (χ0v) is 22.0. The van der Waals surface area contributed by atoms with E-state index in [2.05, 4.69) is 16.0 Å². The third-order valence-electron chi connectivity index (χ3n) is 5.49. The summed E-state index contributed by atoms with van der Waals surface area (Å²) in [5, 5.41) is 18.5. The van der Waals surface area contributed by atoms with Crippen molar-refractivity contribution in [3.05, 3.63) is 0 Å². The van der Waals surface area contributed by atoms with Gasteiger partial charge in [0, 0.05) is 7.11 Å². The Hall–Kier alpha value is -0.580. The van der Waals surface area contributed by atoms with Crippen LogP contribution in [-0.2, 0) is 27.9 Å². The zero-order chi connectivity index (χ0) is 25.7. The quantitative estimate of drug-likeness (QED) is 0.104. The molecular weight excluding hydrogens is 465 g/mol. The van der Waals surface area contributed by atoms with Crippen molar-refractivity contribution in [1.29, 1.82) is 0 Å². The molecule has 0 amide bonds. The second-order valence-electron chi connectivity index (χ2n) is 8.73. The number of carboxylic acid groups (broad SMARTS) is 1. The van der Waals surface area contributed by atoms with Gasteiger partial charge >= 0.3 is 13.8 Å². The molecule has 34 heavy (non-hydrogen) atoms. The van der Waals surface area contributed by atoms with E-state index in [4.69, 9.17) is 20.3 Å². The smallest absolute Gasteiger partial charge is 0.472 e. The number of hydrogen-bond donors (Lipinski definition) is 4. The number of rotatable bonds is 25. The van der Waals surface area contributed by atoms with Gasteiger partial charge in [0.25, 0.3) is 0 Å². The van der Waals surface area contributed by atoms with Gasteiger partial charge in [-0.3, -0.25) is 13.8 Å². The van der Waals surface area contributed by atoms with Gasteiger partial charge in [-0.1, -0.05) is 84.0 Å². The van der Waals surface area contributed by atoms with Gasteiger partial charge in [0.2, 0.25) is 0 Å². The summed E-state index contributed by atoms with van der Waals surface area (Å²) in [6, 6.07) is -1.45. The van der Waals surface area contributed by atoms with Gasteiger partial charge in [-0.25, -0.2) is 4.57 Å². The number of carboxylic acids is 1. The lowest BCUT2D eigenvalue weighted by molar-refractivity contribution is -0.139. The van der Waals surface area contributed by atoms with E-state index < -0.39 is 39.2 Å². The molecule has 0 rings (SSSR count). The molecule has 0 heterocycles. The monoisotopic (exact) mass is 513 g/mol. The molecule has 0 saturated carbocycles. The maximum atomic E-state index is 11.7. The van der Waals surface area contributed by atoms with Crippen LogP contribution in [0.1, 0.15) is 90.4 Å². The van der Waals surface area contributed by atoms with Crippen LogP contribution in [0.2, 0.25) is 0 Å². The largest absolute Gasteiger partial charge is 0.480 e. The summed E-state index contributed by atoms with van der Waals surface area (Å²) in [6.07, 6.45) is 15.1. The van der Waals surface area contributed by atoms with E-state index >= 15 is 0 Å². The van der Waals surface area contributed by atoms with Gasteiger partial charge in [0.1, 0.15) is 12.1 Å². The van der Waals surface area contributed by atoms with Gasteiger partial charge in [-0.2, -0.15) is 0 Å². The first-order valence-electron chi connectivity index (χ1n) is 12.6. The fourth-order valence-electron chi connectivity index (χ4n) is 3.33. The molecule has 0 aliphatic carbocycles. The molecule has 204 valence electrons. The minimum atomic E-state index is -4.52. The molecule has 4 atom stereocenters. The lowest BCUT2D eigenvalue weighted by Crippen LogP contribution is -2.34. The topological polar surface area (TPSA) is 158 Å². The van der Waals surface area contributed by atoms with Gasteiger partial charge in [0.15, 0.2) is 0 Å². The zero-order valence-electron chi connectivity index (χ0n) is 21.1. The van der Waals surface area contributed by atoms with Crippen molar-refractivity contribution in [2.75, 3.05) is 33.5 Å². The highest BCUT2D eigenvalue weighted by molar-refractivity contribution is 7.47.